The second-order valence-corrected chi connectivity index (χ2v) is 0. The zero-order valence-corrected chi connectivity index (χ0v) is 5.38. The molecule has 0 fully saturated rings. The normalized spacial score (nSPS) is 1.50. The summed E-state index contributed by atoms with van der Waals surface area (Å²) in [5, 5.41) is 0. The Kier molecular flexibility index (Phi) is 75.4. The summed E-state index contributed by atoms with van der Waals surface area (Å²) in [6, 6.07) is 0. The van der Waals surface area contributed by atoms with Crippen LogP contribution >= 0.6 is 0 Å². The molecule has 4 heavy (non-hydrogen) atoms. The van der Waals surface area contributed by atoms with Crippen molar-refractivity contribution in [2.24, 2.45) is 0 Å². The summed E-state index contributed by atoms with van der Waals surface area (Å²) in [4.78, 5) is 0. The van der Waals surface area contributed by atoms with Crippen molar-refractivity contribution in [1.29, 1.82) is 0 Å². The second-order valence-electron chi connectivity index (χ2n) is 0. The van der Waals surface area contributed by atoms with Crippen LogP contribution in [0, 0.1) is 0 Å². The van der Waals surface area contributed by atoms with E-state index in [0.29, 0.717) is 0 Å². The van der Waals surface area contributed by atoms with Crippen LogP contribution in [0.2, 0.25) is 0 Å². The standard InChI is InChI=1S/In.Mn.O.Y.3H. The van der Waals surface area contributed by atoms with E-state index in [2.05, 4.69) is 0 Å². The van der Waals surface area contributed by atoms with Crippen LogP contribution in [0.25, 0.3) is 0 Å². The fraction of sp³-hybridized carbons (Fsp3) is 0. The molecule has 22 valence electrons. The zero-order valence-electron chi connectivity index (χ0n) is 1.36. The van der Waals surface area contributed by atoms with Crippen molar-refractivity contribution < 1.29 is 50.1 Å². The van der Waals surface area contributed by atoms with Crippen molar-refractivity contribution >= 4 is 25.8 Å². The molecular weight excluding hydrogens is 275 g/mol. The summed E-state index contributed by atoms with van der Waals surface area (Å²) in [5.41, 5.74) is 0. The SMILES string of the molecule is [InH3].[Mn].[O]=[Y]. The molecule has 0 aromatic carbocycles. The van der Waals surface area contributed by atoms with Crippen LogP contribution in [0.1, 0.15) is 0 Å². The number of hydrogen-bond acceptors (Lipinski definition) is 1. The molecule has 0 saturated carbocycles. The van der Waals surface area contributed by atoms with Crippen LogP contribution < -0.4 is 0 Å². The Morgan fingerprint density at radius 3 is 1.25 bits per heavy atom. The Labute approximate surface area is 74.6 Å². The van der Waals surface area contributed by atoms with Gasteiger partial charge in [-0.2, -0.15) is 0 Å². The molecule has 0 bridgehead atoms. The van der Waals surface area contributed by atoms with E-state index in [4.69, 9.17) is 2.04 Å². The van der Waals surface area contributed by atoms with E-state index in [-0.39, 0.29) is 73.9 Å². The summed E-state index contributed by atoms with van der Waals surface area (Å²) in [7, 11) is 0. The van der Waals surface area contributed by atoms with Gasteiger partial charge in [0.05, 0.1) is 0 Å². The summed E-state index contributed by atoms with van der Waals surface area (Å²) in [6.45, 7) is 0. The first-order chi connectivity index (χ1) is 1.00. The Hall–Kier alpha value is 2.29. The van der Waals surface area contributed by atoms with Gasteiger partial charge in [0, 0.05) is 17.1 Å². The van der Waals surface area contributed by atoms with Gasteiger partial charge in [0.15, 0.2) is 0 Å². The Balaban J connectivity index is -0.00000000500. The minimum atomic E-state index is 0. The Bertz CT molecular complexity index is 8.00. The molecule has 0 atom stereocenters. The summed E-state index contributed by atoms with van der Waals surface area (Å²) in [5.74, 6) is 0. The van der Waals surface area contributed by atoms with Gasteiger partial charge in [-0.25, -0.2) is 0 Å². The first kappa shape index (κ1) is 16.3. The number of hydrogen-bond donors (Lipinski definition) is 0. The number of rotatable bonds is 0. The monoisotopic (exact) mass is 278 g/mol. The maximum atomic E-state index is 8.38. The average Bonchev–Trinajstić information content (AvgIpc) is 1.00. The molecule has 0 N–H and O–H groups in total. The van der Waals surface area contributed by atoms with Crippen LogP contribution in [0.5, 0.6) is 0 Å². The van der Waals surface area contributed by atoms with E-state index in [1.165, 1.54) is 0 Å². The van der Waals surface area contributed by atoms with Crippen molar-refractivity contribution in [3.63, 3.8) is 0 Å². The molecule has 0 heterocycles. The Morgan fingerprint density at radius 1 is 1.25 bits per heavy atom. The van der Waals surface area contributed by atoms with Crippen molar-refractivity contribution in [2.45, 2.75) is 0 Å². The van der Waals surface area contributed by atoms with Gasteiger partial charge >= 0.3 is 58.9 Å². The predicted octanol–water partition coefficient (Wildman–Crippen LogP) is -1.31. The van der Waals surface area contributed by atoms with Crippen LogP contribution in [-0.2, 0) is 50.1 Å². The van der Waals surface area contributed by atoms with E-state index >= 15 is 0 Å². The van der Waals surface area contributed by atoms with Gasteiger partial charge in [0.1, 0.15) is 0 Å². The minimum absolute atomic E-state index is 0. The maximum absolute atomic E-state index is 8.38. The van der Waals surface area contributed by atoms with Crippen LogP contribution in [0.15, 0.2) is 0 Å². The van der Waals surface area contributed by atoms with E-state index in [9.17, 15) is 0 Å². The van der Waals surface area contributed by atoms with Gasteiger partial charge in [-0.1, -0.05) is 0 Å². The summed E-state index contributed by atoms with van der Waals surface area (Å²) in [6.07, 6.45) is 0. The quantitative estimate of drug-likeness (QED) is 0.503. The summed E-state index contributed by atoms with van der Waals surface area (Å²) < 4.78 is 8.38. The first-order valence-electron chi connectivity index (χ1n) is 0.236. The molecule has 0 aromatic rings. The van der Waals surface area contributed by atoms with Gasteiger partial charge in [-0.15, -0.1) is 0 Å². The molecule has 0 spiro atoms. The molecule has 0 aromatic heterocycles. The van der Waals surface area contributed by atoms with E-state index < -0.39 is 0 Å². The molecule has 1 radical (unpaired) electrons. The Morgan fingerprint density at radius 2 is 1.25 bits per heavy atom. The van der Waals surface area contributed by atoms with Gasteiger partial charge in [0.2, 0.25) is 0 Å². The third kappa shape index (κ3) is 8.85. The van der Waals surface area contributed by atoms with E-state index in [0.717, 1.165) is 0 Å². The molecule has 0 aliphatic heterocycles. The molecule has 0 unspecified atom stereocenters. The summed E-state index contributed by atoms with van der Waals surface area (Å²) >= 11 is 0.100. The van der Waals surface area contributed by atoms with Gasteiger partial charge in [0.25, 0.3) is 0 Å². The molecule has 0 aliphatic rings. The molecule has 0 rings (SSSR count). The topological polar surface area (TPSA) is 17.1 Å². The molecule has 0 amide bonds. The van der Waals surface area contributed by atoms with Gasteiger partial charge < -0.3 is 0 Å². The fourth-order valence-electron chi connectivity index (χ4n) is 0. The van der Waals surface area contributed by atoms with E-state index in [1.54, 1.807) is 0 Å². The molecule has 0 saturated heterocycles. The average molecular weight is 278 g/mol. The molecule has 0 aliphatic carbocycles. The third-order valence-corrected chi connectivity index (χ3v) is 0. The first-order valence-corrected chi connectivity index (χ1v) is 1.39. The van der Waals surface area contributed by atoms with Crippen molar-refractivity contribution in [2.75, 3.05) is 0 Å². The van der Waals surface area contributed by atoms with Crippen LogP contribution in [0.4, 0.5) is 0 Å². The van der Waals surface area contributed by atoms with Crippen molar-refractivity contribution in [3.8, 4) is 0 Å². The fourth-order valence-corrected chi connectivity index (χ4v) is 0. The molecule has 1 nitrogen and oxygen atoms in total. The van der Waals surface area contributed by atoms with Gasteiger partial charge in [-0.3, -0.25) is 0 Å². The van der Waals surface area contributed by atoms with Crippen LogP contribution in [-0.4, -0.2) is 25.8 Å². The molecule has 4 heteroatoms. The second kappa shape index (κ2) is 18.6. The van der Waals surface area contributed by atoms with Gasteiger partial charge in [-0.05, 0) is 0 Å². The predicted molar refractivity (Wildman–Crippen MR) is 10.6 cm³/mol. The van der Waals surface area contributed by atoms with Crippen molar-refractivity contribution in [1.82, 2.24) is 0 Å². The molecular formula is H3InMnOY. The zero-order chi connectivity index (χ0) is 2.00. The van der Waals surface area contributed by atoms with Crippen LogP contribution in [0.3, 0.4) is 0 Å². The van der Waals surface area contributed by atoms with E-state index in [1.807, 2.05) is 0 Å². The third-order valence-electron chi connectivity index (χ3n) is 0. The van der Waals surface area contributed by atoms with Crippen molar-refractivity contribution in [3.05, 3.63) is 0 Å².